The molecule has 1 atom stereocenters. The standard InChI is InChI=1S/C27H27F2N7/c1-27-6-4-18(20-15-33-36(16-20)9-8-35(2)3)12-25(27)31-17-32-26(27)34-23-5-7-30-24(14-23)19-10-21(28)13-22(29)11-19/h4-5,7,10-17H,6,8-9H2,1-3H3,(H,30,31,32,34). The van der Waals surface area contributed by atoms with Crippen LogP contribution in [0.3, 0.4) is 0 Å². The van der Waals surface area contributed by atoms with Gasteiger partial charge in [-0.2, -0.15) is 5.10 Å². The van der Waals surface area contributed by atoms with Crippen LogP contribution in [0.25, 0.3) is 16.8 Å². The lowest BCUT2D eigenvalue weighted by molar-refractivity contribution is 0.373. The number of aromatic nitrogens is 3. The van der Waals surface area contributed by atoms with Gasteiger partial charge in [-0.25, -0.2) is 18.8 Å². The molecule has 0 fully saturated rings. The maximum Gasteiger partial charge on any atom is 0.142 e. The van der Waals surface area contributed by atoms with Gasteiger partial charge in [0.1, 0.15) is 17.5 Å². The fourth-order valence-corrected chi connectivity index (χ4v) is 4.28. The van der Waals surface area contributed by atoms with Crippen molar-refractivity contribution in [3.63, 3.8) is 0 Å². The zero-order valence-corrected chi connectivity index (χ0v) is 20.4. The van der Waals surface area contributed by atoms with E-state index in [9.17, 15) is 8.78 Å². The second-order valence-corrected chi connectivity index (χ2v) is 9.44. The number of hydrogen-bond donors (Lipinski definition) is 1. The van der Waals surface area contributed by atoms with Crippen molar-refractivity contribution in [2.75, 3.05) is 20.6 Å². The van der Waals surface area contributed by atoms with Gasteiger partial charge in [-0.1, -0.05) is 6.08 Å². The molecular formula is C27H27F2N7. The topological polar surface area (TPSA) is 70.7 Å². The van der Waals surface area contributed by atoms with E-state index in [4.69, 9.17) is 4.99 Å². The number of fused-ring (bicyclic) bond motifs is 1. The van der Waals surface area contributed by atoms with E-state index in [-0.39, 0.29) is 0 Å². The van der Waals surface area contributed by atoms with Crippen molar-refractivity contribution in [3.8, 4) is 11.3 Å². The van der Waals surface area contributed by atoms with Gasteiger partial charge in [-0.3, -0.25) is 9.67 Å². The van der Waals surface area contributed by atoms with E-state index in [1.165, 1.54) is 12.1 Å². The Bertz CT molecular complexity index is 1400. The first-order valence-corrected chi connectivity index (χ1v) is 11.7. The van der Waals surface area contributed by atoms with Crippen LogP contribution in [0.2, 0.25) is 0 Å². The molecule has 0 radical (unpaired) electrons. The third kappa shape index (κ3) is 4.87. The summed E-state index contributed by atoms with van der Waals surface area (Å²) in [6, 6.07) is 6.80. The molecule has 2 aliphatic rings. The Hall–Kier alpha value is -3.98. The van der Waals surface area contributed by atoms with Crippen LogP contribution in [0.5, 0.6) is 0 Å². The summed E-state index contributed by atoms with van der Waals surface area (Å²) in [6.45, 7) is 3.84. The van der Waals surface area contributed by atoms with Crippen molar-refractivity contribution >= 4 is 23.4 Å². The zero-order chi connectivity index (χ0) is 25.3. The van der Waals surface area contributed by atoms with Crippen LogP contribution >= 0.6 is 0 Å². The molecule has 0 spiro atoms. The maximum absolute atomic E-state index is 13.7. The highest BCUT2D eigenvalue weighted by molar-refractivity contribution is 6.01. The highest BCUT2D eigenvalue weighted by Gasteiger charge is 2.38. The molecule has 3 aromatic rings. The smallest absolute Gasteiger partial charge is 0.142 e. The van der Waals surface area contributed by atoms with Gasteiger partial charge < -0.3 is 10.2 Å². The van der Waals surface area contributed by atoms with Gasteiger partial charge in [0.2, 0.25) is 0 Å². The van der Waals surface area contributed by atoms with Gasteiger partial charge in [0.25, 0.3) is 0 Å². The van der Waals surface area contributed by atoms with E-state index in [1.807, 2.05) is 25.0 Å². The summed E-state index contributed by atoms with van der Waals surface area (Å²) in [6.07, 6.45) is 12.2. The summed E-state index contributed by atoms with van der Waals surface area (Å²) in [5.74, 6) is -0.657. The molecule has 5 rings (SSSR count). The quantitative estimate of drug-likeness (QED) is 0.541. The van der Waals surface area contributed by atoms with Crippen LogP contribution in [0.4, 0.5) is 14.5 Å². The number of benzene rings is 1. The predicted molar refractivity (Wildman–Crippen MR) is 138 cm³/mol. The Kier molecular flexibility index (Phi) is 6.32. The number of aliphatic imine (C=N–C) groups is 2. The number of nitrogens with zero attached hydrogens (tertiary/aromatic N) is 6. The summed E-state index contributed by atoms with van der Waals surface area (Å²) in [5.41, 5.74) is 4.10. The molecule has 7 nitrogen and oxygen atoms in total. The molecule has 1 unspecified atom stereocenters. The third-order valence-corrected chi connectivity index (χ3v) is 6.40. The number of pyridine rings is 1. The molecule has 0 amide bonds. The minimum Gasteiger partial charge on any atom is -0.349 e. The lowest BCUT2D eigenvalue weighted by Gasteiger charge is -2.36. The number of amidine groups is 1. The van der Waals surface area contributed by atoms with Crippen molar-refractivity contribution in [2.45, 2.75) is 19.9 Å². The lowest BCUT2D eigenvalue weighted by Crippen LogP contribution is -2.40. The zero-order valence-electron chi connectivity index (χ0n) is 20.4. The van der Waals surface area contributed by atoms with Gasteiger partial charge in [-0.15, -0.1) is 0 Å². The van der Waals surface area contributed by atoms with E-state index in [2.05, 4.69) is 50.6 Å². The minimum absolute atomic E-state index is 0.353. The van der Waals surface area contributed by atoms with E-state index in [0.717, 1.165) is 36.0 Å². The number of likely N-dealkylation sites (N-methyl/N-ethyl adjacent to an activating group) is 1. The lowest BCUT2D eigenvalue weighted by atomic mass is 9.76. The van der Waals surface area contributed by atoms with Gasteiger partial charge in [0, 0.05) is 41.8 Å². The fourth-order valence-electron chi connectivity index (χ4n) is 4.28. The molecule has 9 heteroatoms. The number of rotatable bonds is 6. The number of hydrogen-bond acceptors (Lipinski definition) is 5. The summed E-state index contributed by atoms with van der Waals surface area (Å²) >= 11 is 0. The van der Waals surface area contributed by atoms with Crippen LogP contribution in [0.15, 0.2) is 76.8 Å². The highest BCUT2D eigenvalue weighted by Crippen LogP contribution is 2.41. The molecule has 1 N–H and O–H groups in total. The van der Waals surface area contributed by atoms with Crippen molar-refractivity contribution < 1.29 is 8.78 Å². The van der Waals surface area contributed by atoms with Crippen LogP contribution in [0.1, 0.15) is 18.9 Å². The van der Waals surface area contributed by atoms with E-state index in [0.29, 0.717) is 29.2 Å². The molecule has 3 heterocycles. The average molecular weight is 488 g/mol. The molecule has 2 aromatic heterocycles. The molecule has 1 aliphatic heterocycles. The molecule has 0 bridgehead atoms. The first-order valence-electron chi connectivity index (χ1n) is 11.7. The van der Waals surface area contributed by atoms with Crippen molar-refractivity contribution in [1.82, 2.24) is 25.0 Å². The van der Waals surface area contributed by atoms with Crippen molar-refractivity contribution in [3.05, 3.63) is 84.0 Å². The van der Waals surface area contributed by atoms with E-state index < -0.39 is 17.0 Å². The average Bonchev–Trinajstić information content (AvgIpc) is 3.32. The third-order valence-electron chi connectivity index (χ3n) is 6.40. The molecule has 0 saturated heterocycles. The second kappa shape index (κ2) is 9.58. The van der Waals surface area contributed by atoms with Gasteiger partial charge in [0.05, 0.1) is 35.9 Å². The normalized spacial score (nSPS) is 20.2. The van der Waals surface area contributed by atoms with Crippen LogP contribution in [0, 0.1) is 17.0 Å². The van der Waals surface area contributed by atoms with Crippen molar-refractivity contribution in [1.29, 1.82) is 0 Å². The van der Waals surface area contributed by atoms with Crippen molar-refractivity contribution in [2.24, 2.45) is 15.4 Å². The first kappa shape index (κ1) is 23.7. The molecule has 36 heavy (non-hydrogen) atoms. The molecular weight excluding hydrogens is 460 g/mol. The van der Waals surface area contributed by atoms with E-state index in [1.54, 1.807) is 24.7 Å². The SMILES string of the molecule is CN(C)CCn1cc(C2=CCC3(C)C(=C2)NC=NC3=Nc2ccnc(-c3cc(F)cc(F)c3)c2)cn1. The van der Waals surface area contributed by atoms with Gasteiger partial charge in [0.15, 0.2) is 0 Å². The van der Waals surface area contributed by atoms with Crippen LogP contribution < -0.4 is 5.32 Å². The van der Waals surface area contributed by atoms with Gasteiger partial charge in [-0.05, 0) is 63.4 Å². The molecule has 0 saturated carbocycles. The number of halogens is 2. The van der Waals surface area contributed by atoms with Crippen LogP contribution in [-0.4, -0.2) is 52.5 Å². The molecule has 1 aromatic carbocycles. The van der Waals surface area contributed by atoms with Gasteiger partial charge >= 0.3 is 0 Å². The Morgan fingerprint density at radius 3 is 2.72 bits per heavy atom. The van der Waals surface area contributed by atoms with Crippen LogP contribution in [-0.2, 0) is 6.54 Å². The minimum atomic E-state index is -0.651. The summed E-state index contributed by atoms with van der Waals surface area (Å²) in [7, 11) is 4.09. The highest BCUT2D eigenvalue weighted by atomic mass is 19.1. The Morgan fingerprint density at radius 2 is 1.94 bits per heavy atom. The fraction of sp³-hybridized carbons (Fsp3) is 0.259. The summed E-state index contributed by atoms with van der Waals surface area (Å²) < 4.78 is 29.4. The largest absolute Gasteiger partial charge is 0.349 e. The summed E-state index contributed by atoms with van der Waals surface area (Å²) in [5, 5.41) is 7.79. The summed E-state index contributed by atoms with van der Waals surface area (Å²) in [4.78, 5) is 15.7. The first-order chi connectivity index (χ1) is 17.3. The second-order valence-electron chi connectivity index (χ2n) is 9.44. The number of nitrogens with one attached hydrogen (secondary N) is 1. The molecule has 184 valence electrons. The Balaban J connectivity index is 1.41. The Morgan fingerprint density at radius 1 is 1.14 bits per heavy atom. The predicted octanol–water partition coefficient (Wildman–Crippen LogP) is 4.82. The van der Waals surface area contributed by atoms with E-state index >= 15 is 0 Å². The monoisotopic (exact) mass is 487 g/mol. The Labute approximate surface area is 208 Å². The molecule has 1 aliphatic carbocycles. The maximum atomic E-state index is 13.7. The number of allylic oxidation sites excluding steroid dienone is 3.